The number of halogens is 2. The fourth-order valence-electron chi connectivity index (χ4n) is 1.61. The molecule has 19 heavy (non-hydrogen) atoms. The molecule has 0 aromatic heterocycles. The van der Waals surface area contributed by atoms with Crippen LogP contribution < -0.4 is 15.8 Å². The summed E-state index contributed by atoms with van der Waals surface area (Å²) in [7, 11) is -3.29. The van der Waals surface area contributed by atoms with E-state index in [1.54, 1.807) is 26.0 Å². The number of hydrogen-bond donors (Lipinski definition) is 3. The summed E-state index contributed by atoms with van der Waals surface area (Å²) in [4.78, 5) is 0. The highest BCUT2D eigenvalue weighted by molar-refractivity contribution is 7.88. The SMILES string of the molecule is CC(C)(CNc1c(Cl)cc(N)cc1Cl)NS(C)(=O)=O. The highest BCUT2D eigenvalue weighted by Crippen LogP contribution is 2.33. The molecule has 0 fully saturated rings. The molecule has 0 radical (unpaired) electrons. The molecule has 0 aliphatic rings. The Hall–Kier alpha value is -0.690. The Balaban J connectivity index is 2.83. The quantitative estimate of drug-likeness (QED) is 0.725. The Morgan fingerprint density at radius 2 is 1.74 bits per heavy atom. The van der Waals surface area contributed by atoms with Gasteiger partial charge in [-0.2, -0.15) is 0 Å². The monoisotopic (exact) mass is 325 g/mol. The van der Waals surface area contributed by atoms with Gasteiger partial charge in [-0.3, -0.25) is 0 Å². The lowest BCUT2D eigenvalue weighted by Gasteiger charge is -2.26. The van der Waals surface area contributed by atoms with Crippen LogP contribution in [0.25, 0.3) is 0 Å². The van der Waals surface area contributed by atoms with Crippen LogP contribution in [0.5, 0.6) is 0 Å². The van der Waals surface area contributed by atoms with Gasteiger partial charge in [-0.05, 0) is 26.0 Å². The Morgan fingerprint density at radius 3 is 2.16 bits per heavy atom. The van der Waals surface area contributed by atoms with E-state index < -0.39 is 15.6 Å². The van der Waals surface area contributed by atoms with Crippen molar-refractivity contribution in [1.29, 1.82) is 0 Å². The van der Waals surface area contributed by atoms with E-state index in [1.165, 1.54) is 0 Å². The van der Waals surface area contributed by atoms with Gasteiger partial charge >= 0.3 is 0 Å². The second kappa shape index (κ2) is 5.75. The van der Waals surface area contributed by atoms with Gasteiger partial charge in [0.1, 0.15) is 0 Å². The number of nitrogens with two attached hydrogens (primary N) is 1. The molecule has 1 aromatic rings. The van der Waals surface area contributed by atoms with Crippen LogP contribution in [-0.4, -0.2) is 26.8 Å². The van der Waals surface area contributed by atoms with Gasteiger partial charge in [0.15, 0.2) is 0 Å². The molecule has 0 spiro atoms. The average molecular weight is 326 g/mol. The summed E-state index contributed by atoms with van der Waals surface area (Å²) >= 11 is 12.1. The van der Waals surface area contributed by atoms with E-state index in [-0.39, 0.29) is 0 Å². The number of benzene rings is 1. The second-order valence-electron chi connectivity index (χ2n) is 4.97. The zero-order valence-electron chi connectivity index (χ0n) is 10.9. The molecular formula is C11H17Cl2N3O2S. The number of nitrogen functional groups attached to an aromatic ring is 1. The van der Waals surface area contributed by atoms with E-state index in [9.17, 15) is 8.42 Å². The van der Waals surface area contributed by atoms with Crippen LogP contribution in [0, 0.1) is 0 Å². The summed E-state index contributed by atoms with van der Waals surface area (Å²) in [5.41, 5.74) is 5.92. The van der Waals surface area contributed by atoms with Crippen LogP contribution in [-0.2, 0) is 10.0 Å². The number of nitrogens with one attached hydrogen (secondary N) is 2. The molecule has 1 rings (SSSR count). The van der Waals surface area contributed by atoms with Crippen molar-refractivity contribution in [2.24, 2.45) is 0 Å². The van der Waals surface area contributed by atoms with Gasteiger partial charge in [0, 0.05) is 17.8 Å². The van der Waals surface area contributed by atoms with Gasteiger partial charge in [-0.25, -0.2) is 13.1 Å². The minimum atomic E-state index is -3.29. The maximum Gasteiger partial charge on any atom is 0.209 e. The maximum absolute atomic E-state index is 11.2. The van der Waals surface area contributed by atoms with Gasteiger partial charge < -0.3 is 11.1 Å². The Labute approximate surface area is 123 Å². The first-order chi connectivity index (χ1) is 8.50. The van der Waals surface area contributed by atoms with Crippen LogP contribution in [0.15, 0.2) is 12.1 Å². The fraction of sp³-hybridized carbons (Fsp3) is 0.455. The molecule has 1 aromatic carbocycles. The molecule has 0 saturated heterocycles. The molecule has 5 nitrogen and oxygen atoms in total. The number of sulfonamides is 1. The lowest BCUT2D eigenvalue weighted by atomic mass is 10.1. The second-order valence-corrected chi connectivity index (χ2v) is 7.53. The highest BCUT2D eigenvalue weighted by Gasteiger charge is 2.22. The predicted octanol–water partition coefficient (Wildman–Crippen LogP) is 2.32. The standard InChI is InChI=1S/C11H17Cl2N3O2S/c1-11(2,16-19(3,17)18)6-15-10-8(12)4-7(14)5-9(10)13/h4-5,15-16H,6,14H2,1-3H3. The van der Waals surface area contributed by atoms with Gasteiger partial charge in [0.25, 0.3) is 0 Å². The Bertz CT molecular complexity index is 550. The molecular weight excluding hydrogens is 309 g/mol. The zero-order valence-corrected chi connectivity index (χ0v) is 13.2. The first kappa shape index (κ1) is 16.4. The molecule has 0 bridgehead atoms. The maximum atomic E-state index is 11.2. The minimum absolute atomic E-state index is 0.323. The molecule has 0 unspecified atom stereocenters. The molecule has 0 heterocycles. The van der Waals surface area contributed by atoms with E-state index in [2.05, 4.69) is 10.0 Å². The Kier molecular flexibility index (Phi) is 4.95. The molecule has 0 aliphatic carbocycles. The Morgan fingerprint density at radius 1 is 1.26 bits per heavy atom. The van der Waals surface area contributed by atoms with Crippen LogP contribution in [0.3, 0.4) is 0 Å². The summed E-state index contributed by atoms with van der Waals surface area (Å²) in [5, 5.41) is 3.80. The molecule has 0 amide bonds. The summed E-state index contributed by atoms with van der Waals surface area (Å²) in [6, 6.07) is 3.15. The van der Waals surface area contributed by atoms with Gasteiger partial charge in [-0.1, -0.05) is 23.2 Å². The van der Waals surface area contributed by atoms with Crippen molar-refractivity contribution in [2.75, 3.05) is 23.9 Å². The summed E-state index contributed by atoms with van der Waals surface area (Å²) in [6.07, 6.45) is 1.11. The van der Waals surface area contributed by atoms with Crippen molar-refractivity contribution in [3.63, 3.8) is 0 Å². The van der Waals surface area contributed by atoms with Crippen molar-refractivity contribution >= 4 is 44.6 Å². The largest absolute Gasteiger partial charge is 0.399 e. The number of rotatable bonds is 5. The van der Waals surface area contributed by atoms with Crippen LogP contribution in [0.2, 0.25) is 10.0 Å². The number of anilines is 2. The third-order valence-corrected chi connectivity index (χ3v) is 3.75. The van der Waals surface area contributed by atoms with Crippen molar-refractivity contribution in [2.45, 2.75) is 19.4 Å². The van der Waals surface area contributed by atoms with Gasteiger partial charge in [-0.15, -0.1) is 0 Å². The first-order valence-electron chi connectivity index (χ1n) is 5.47. The topological polar surface area (TPSA) is 84.2 Å². The van der Waals surface area contributed by atoms with E-state index in [0.717, 1.165) is 6.26 Å². The molecule has 0 atom stereocenters. The summed E-state index contributed by atoms with van der Waals surface area (Å²) < 4.78 is 25.0. The normalized spacial score (nSPS) is 12.5. The molecule has 0 saturated carbocycles. The van der Waals surface area contributed by atoms with Crippen LogP contribution in [0.1, 0.15) is 13.8 Å². The third kappa shape index (κ3) is 5.44. The van der Waals surface area contributed by atoms with E-state index in [1.807, 2.05) is 0 Å². The average Bonchev–Trinajstić information content (AvgIpc) is 2.10. The summed E-state index contributed by atoms with van der Waals surface area (Å²) in [5.74, 6) is 0. The van der Waals surface area contributed by atoms with E-state index >= 15 is 0 Å². The smallest absolute Gasteiger partial charge is 0.209 e. The fourth-order valence-corrected chi connectivity index (χ4v) is 3.32. The molecule has 4 N–H and O–H groups in total. The lowest BCUT2D eigenvalue weighted by molar-refractivity contribution is 0.476. The summed E-state index contributed by atoms with van der Waals surface area (Å²) in [6.45, 7) is 3.82. The van der Waals surface area contributed by atoms with Crippen molar-refractivity contribution in [1.82, 2.24) is 4.72 Å². The van der Waals surface area contributed by atoms with Gasteiger partial charge in [0.2, 0.25) is 10.0 Å². The van der Waals surface area contributed by atoms with Crippen molar-refractivity contribution in [3.05, 3.63) is 22.2 Å². The zero-order chi connectivity index (χ0) is 14.8. The lowest BCUT2D eigenvalue weighted by Crippen LogP contribution is -2.47. The van der Waals surface area contributed by atoms with Crippen molar-refractivity contribution in [3.8, 4) is 0 Å². The van der Waals surface area contributed by atoms with Crippen LogP contribution in [0.4, 0.5) is 11.4 Å². The molecule has 108 valence electrons. The molecule has 8 heteroatoms. The molecule has 0 aliphatic heterocycles. The highest BCUT2D eigenvalue weighted by atomic mass is 35.5. The minimum Gasteiger partial charge on any atom is -0.399 e. The third-order valence-electron chi connectivity index (χ3n) is 2.23. The first-order valence-corrected chi connectivity index (χ1v) is 8.12. The van der Waals surface area contributed by atoms with Crippen LogP contribution >= 0.6 is 23.2 Å². The number of hydrogen-bond acceptors (Lipinski definition) is 4. The van der Waals surface area contributed by atoms with E-state index in [4.69, 9.17) is 28.9 Å². The van der Waals surface area contributed by atoms with E-state index in [0.29, 0.717) is 28.0 Å². The predicted molar refractivity (Wildman–Crippen MR) is 81.4 cm³/mol. The van der Waals surface area contributed by atoms with Crippen molar-refractivity contribution < 1.29 is 8.42 Å². The van der Waals surface area contributed by atoms with Gasteiger partial charge in [0.05, 0.1) is 22.0 Å².